The topological polar surface area (TPSA) is 90.4 Å². The van der Waals surface area contributed by atoms with Crippen LogP contribution in [0.3, 0.4) is 0 Å². The number of halogens is 2. The fourth-order valence-corrected chi connectivity index (χ4v) is 2.44. The highest BCUT2D eigenvalue weighted by Gasteiger charge is 2.25. The molecule has 2 aromatic rings. The molecule has 0 aliphatic heterocycles. The summed E-state index contributed by atoms with van der Waals surface area (Å²) in [7, 11) is 2.35. The summed E-state index contributed by atoms with van der Waals surface area (Å²) < 4.78 is 25.3. The van der Waals surface area contributed by atoms with Gasteiger partial charge >= 0.3 is 11.7 Å². The summed E-state index contributed by atoms with van der Waals surface area (Å²) in [5, 5.41) is 0. The van der Waals surface area contributed by atoms with Crippen LogP contribution < -0.4 is 16.0 Å². The van der Waals surface area contributed by atoms with Gasteiger partial charge in [0.1, 0.15) is 5.56 Å². The maximum atomic E-state index is 14.7. The van der Waals surface area contributed by atoms with Gasteiger partial charge in [-0.2, -0.15) is 0 Å². The van der Waals surface area contributed by atoms with Gasteiger partial charge in [0.2, 0.25) is 0 Å². The SMILES string of the molecule is COC(=O)c1c(F)c(-n2ccc(=O)[nH]c2=O)cc(Br)c1OC. The van der Waals surface area contributed by atoms with Gasteiger partial charge in [-0.1, -0.05) is 0 Å². The monoisotopic (exact) mass is 372 g/mol. The normalized spacial score (nSPS) is 10.4. The first-order valence-electron chi connectivity index (χ1n) is 5.87. The largest absolute Gasteiger partial charge is 0.495 e. The molecule has 0 saturated heterocycles. The number of rotatable bonds is 3. The Morgan fingerprint density at radius 1 is 1.36 bits per heavy atom. The predicted molar refractivity (Wildman–Crippen MR) is 78.2 cm³/mol. The molecule has 1 aromatic carbocycles. The van der Waals surface area contributed by atoms with Crippen molar-refractivity contribution in [3.63, 3.8) is 0 Å². The van der Waals surface area contributed by atoms with Crippen LogP contribution in [0.4, 0.5) is 4.39 Å². The number of hydrogen-bond donors (Lipinski definition) is 1. The summed E-state index contributed by atoms with van der Waals surface area (Å²) in [6.07, 6.45) is 1.10. The van der Waals surface area contributed by atoms with Gasteiger partial charge in [-0.15, -0.1) is 0 Å². The van der Waals surface area contributed by atoms with Crippen molar-refractivity contribution < 1.29 is 18.7 Å². The van der Waals surface area contributed by atoms with Crippen LogP contribution in [0.15, 0.2) is 32.4 Å². The predicted octanol–water partition coefficient (Wildman–Crippen LogP) is 1.22. The molecule has 9 heteroatoms. The Bertz CT molecular complexity index is 858. The summed E-state index contributed by atoms with van der Waals surface area (Å²) in [6, 6.07) is 2.30. The minimum Gasteiger partial charge on any atom is -0.495 e. The number of aromatic nitrogens is 2. The van der Waals surface area contributed by atoms with E-state index < -0.39 is 28.6 Å². The summed E-state index contributed by atoms with van der Waals surface area (Å²) in [6.45, 7) is 0. The molecule has 0 aliphatic carbocycles. The molecule has 0 saturated carbocycles. The molecule has 0 unspecified atom stereocenters. The lowest BCUT2D eigenvalue weighted by atomic mass is 10.1. The Labute approximate surface area is 131 Å². The standard InChI is InChI=1S/C13H10BrFN2O5/c1-21-11-6(14)5-7(10(15)9(11)12(19)22-2)17-4-3-8(18)16-13(17)20/h3-5H,1-2H3,(H,16,18,20). The molecule has 1 heterocycles. The van der Waals surface area contributed by atoms with Gasteiger partial charge in [0, 0.05) is 12.3 Å². The van der Waals surface area contributed by atoms with Crippen LogP contribution in [0.5, 0.6) is 5.75 Å². The maximum Gasteiger partial charge on any atom is 0.344 e. The quantitative estimate of drug-likeness (QED) is 0.818. The summed E-state index contributed by atoms with van der Waals surface area (Å²) in [5.41, 5.74) is -2.18. The van der Waals surface area contributed by atoms with Crippen molar-refractivity contribution in [3.05, 3.63) is 55.0 Å². The van der Waals surface area contributed by atoms with E-state index in [1.165, 1.54) is 13.2 Å². The highest BCUT2D eigenvalue weighted by molar-refractivity contribution is 9.10. The van der Waals surface area contributed by atoms with Crippen molar-refractivity contribution in [2.45, 2.75) is 0 Å². The summed E-state index contributed by atoms with van der Waals surface area (Å²) in [5.74, 6) is -2.04. The molecule has 0 aliphatic rings. The molecule has 0 bridgehead atoms. The summed E-state index contributed by atoms with van der Waals surface area (Å²) >= 11 is 3.14. The Morgan fingerprint density at radius 3 is 2.59 bits per heavy atom. The average Bonchev–Trinajstić information content (AvgIpc) is 2.48. The van der Waals surface area contributed by atoms with Gasteiger partial charge in [0.25, 0.3) is 5.56 Å². The number of aromatic amines is 1. The van der Waals surface area contributed by atoms with E-state index in [2.05, 4.69) is 20.7 Å². The van der Waals surface area contributed by atoms with E-state index in [-0.39, 0.29) is 15.9 Å². The second-order valence-electron chi connectivity index (χ2n) is 4.07. The number of H-pyrrole nitrogens is 1. The third kappa shape index (κ3) is 2.67. The van der Waals surface area contributed by atoms with Crippen LogP contribution >= 0.6 is 15.9 Å². The number of carbonyl (C=O) groups is 1. The van der Waals surface area contributed by atoms with Gasteiger partial charge < -0.3 is 9.47 Å². The molecule has 1 N–H and O–H groups in total. The van der Waals surface area contributed by atoms with Crippen molar-refractivity contribution >= 4 is 21.9 Å². The number of benzene rings is 1. The molecular weight excluding hydrogens is 363 g/mol. The van der Waals surface area contributed by atoms with E-state index in [0.717, 1.165) is 23.9 Å². The van der Waals surface area contributed by atoms with E-state index in [4.69, 9.17) is 4.74 Å². The first-order valence-corrected chi connectivity index (χ1v) is 6.66. The van der Waals surface area contributed by atoms with Crippen molar-refractivity contribution in [3.8, 4) is 11.4 Å². The molecule has 0 atom stereocenters. The van der Waals surface area contributed by atoms with Crippen molar-refractivity contribution in [2.75, 3.05) is 14.2 Å². The Morgan fingerprint density at radius 2 is 2.05 bits per heavy atom. The molecule has 0 fully saturated rings. The third-order valence-corrected chi connectivity index (χ3v) is 3.42. The van der Waals surface area contributed by atoms with Gasteiger partial charge in [0.15, 0.2) is 11.6 Å². The number of carbonyl (C=O) groups excluding carboxylic acids is 1. The van der Waals surface area contributed by atoms with Crippen LogP contribution in [0.25, 0.3) is 5.69 Å². The van der Waals surface area contributed by atoms with E-state index in [9.17, 15) is 18.8 Å². The Balaban J connectivity index is 2.84. The number of nitrogens with one attached hydrogen (secondary N) is 1. The Hall–Kier alpha value is -2.42. The van der Waals surface area contributed by atoms with Gasteiger partial charge in [-0.3, -0.25) is 14.3 Å². The number of ether oxygens (including phenoxy) is 2. The molecule has 0 radical (unpaired) electrons. The number of esters is 1. The van der Waals surface area contributed by atoms with Crippen molar-refractivity contribution in [1.82, 2.24) is 9.55 Å². The second kappa shape index (κ2) is 6.14. The Kier molecular flexibility index (Phi) is 4.45. The molecule has 0 spiro atoms. The smallest absolute Gasteiger partial charge is 0.344 e. The number of nitrogens with zero attached hydrogens (tertiary/aromatic N) is 1. The first-order chi connectivity index (χ1) is 10.4. The molecule has 1 aromatic heterocycles. The molecule has 22 heavy (non-hydrogen) atoms. The van der Waals surface area contributed by atoms with Gasteiger partial charge in [0.05, 0.1) is 24.4 Å². The fraction of sp³-hybridized carbons (Fsp3) is 0.154. The number of methoxy groups -OCH3 is 2. The van der Waals surface area contributed by atoms with E-state index in [1.807, 2.05) is 4.98 Å². The third-order valence-electron chi connectivity index (χ3n) is 2.83. The van der Waals surface area contributed by atoms with Gasteiger partial charge in [-0.25, -0.2) is 14.0 Å². The van der Waals surface area contributed by atoms with E-state index in [1.54, 1.807) is 0 Å². The zero-order valence-electron chi connectivity index (χ0n) is 11.5. The van der Waals surface area contributed by atoms with Crippen molar-refractivity contribution in [1.29, 1.82) is 0 Å². The van der Waals surface area contributed by atoms with Crippen LogP contribution in [-0.2, 0) is 4.74 Å². The fourth-order valence-electron chi connectivity index (χ4n) is 1.86. The van der Waals surface area contributed by atoms with E-state index >= 15 is 0 Å². The molecule has 0 amide bonds. The van der Waals surface area contributed by atoms with E-state index in [0.29, 0.717) is 0 Å². The zero-order chi connectivity index (χ0) is 16.4. The lowest BCUT2D eigenvalue weighted by Gasteiger charge is -2.14. The molecule has 116 valence electrons. The van der Waals surface area contributed by atoms with Gasteiger partial charge in [-0.05, 0) is 22.0 Å². The van der Waals surface area contributed by atoms with Crippen LogP contribution in [0.1, 0.15) is 10.4 Å². The lowest BCUT2D eigenvalue weighted by Crippen LogP contribution is -2.28. The zero-order valence-corrected chi connectivity index (χ0v) is 13.1. The number of hydrogen-bond acceptors (Lipinski definition) is 5. The second-order valence-corrected chi connectivity index (χ2v) is 4.93. The highest BCUT2D eigenvalue weighted by atomic mass is 79.9. The van der Waals surface area contributed by atoms with Crippen LogP contribution in [0.2, 0.25) is 0 Å². The van der Waals surface area contributed by atoms with Crippen LogP contribution in [0, 0.1) is 5.82 Å². The summed E-state index contributed by atoms with van der Waals surface area (Å²) in [4.78, 5) is 36.6. The minimum absolute atomic E-state index is 0.0643. The van der Waals surface area contributed by atoms with Crippen molar-refractivity contribution in [2.24, 2.45) is 0 Å². The lowest BCUT2D eigenvalue weighted by molar-refractivity contribution is 0.0591. The maximum absolute atomic E-state index is 14.7. The van der Waals surface area contributed by atoms with Crippen LogP contribution in [-0.4, -0.2) is 29.7 Å². The molecular formula is C13H10BrFN2O5. The average molecular weight is 373 g/mol. The molecule has 2 rings (SSSR count). The highest BCUT2D eigenvalue weighted by Crippen LogP contribution is 2.34. The minimum atomic E-state index is -1.01. The molecule has 7 nitrogen and oxygen atoms in total. The first kappa shape index (κ1) is 16.0.